The minimum atomic E-state index is -0.715. The number of furan rings is 1. The number of anilines is 2. The Morgan fingerprint density at radius 3 is 2.47 bits per heavy atom. The third-order valence-corrected chi connectivity index (χ3v) is 7.48. The van der Waals surface area contributed by atoms with Crippen LogP contribution in [0.5, 0.6) is 0 Å². The Labute approximate surface area is 227 Å². The van der Waals surface area contributed by atoms with E-state index in [-0.39, 0.29) is 17.6 Å². The van der Waals surface area contributed by atoms with E-state index < -0.39 is 5.92 Å². The molecule has 1 aromatic heterocycles. The highest BCUT2D eigenvalue weighted by atomic mass is 32.2. The Morgan fingerprint density at radius 2 is 1.79 bits per heavy atom. The Bertz CT molecular complexity index is 1460. The summed E-state index contributed by atoms with van der Waals surface area (Å²) in [5, 5.41) is 19.9. The maximum absolute atomic E-state index is 13.7. The van der Waals surface area contributed by atoms with Crippen LogP contribution >= 0.6 is 11.8 Å². The van der Waals surface area contributed by atoms with Crippen molar-refractivity contribution in [2.24, 2.45) is 0 Å². The number of carbonyl (C=O) groups excluding carboxylic acids is 2. The van der Waals surface area contributed by atoms with Crippen LogP contribution < -0.4 is 16.0 Å². The van der Waals surface area contributed by atoms with E-state index in [0.717, 1.165) is 34.5 Å². The molecule has 3 N–H and O–H groups in total. The standard InChI is InChI=1S/C30H30N4O3S/c1-5-21-12-8-11-19(3)28(21)34-29(36)26-20(4)32-30(22(16-31)27(26)24-14-9-15-37-24)38-17-25(35)33-23-13-7-6-10-18(23)2/h6-15,27,32H,5,17H2,1-4H3,(H,33,35)(H,34,36). The Balaban J connectivity index is 1.62. The summed E-state index contributed by atoms with van der Waals surface area (Å²) >= 11 is 1.22. The number of aryl methyl sites for hydroxylation is 3. The minimum Gasteiger partial charge on any atom is -0.468 e. The number of hydrogen-bond acceptors (Lipinski definition) is 6. The molecule has 3 aromatic rings. The molecule has 2 amide bonds. The molecule has 2 aromatic carbocycles. The van der Waals surface area contributed by atoms with Gasteiger partial charge in [0.1, 0.15) is 5.76 Å². The van der Waals surface area contributed by atoms with Crippen LogP contribution in [0.2, 0.25) is 0 Å². The van der Waals surface area contributed by atoms with Gasteiger partial charge in [0.05, 0.1) is 40.2 Å². The molecule has 2 heterocycles. The highest BCUT2D eigenvalue weighted by Crippen LogP contribution is 2.41. The fraction of sp³-hybridized carbons (Fsp3) is 0.233. The van der Waals surface area contributed by atoms with Gasteiger partial charge in [0, 0.05) is 17.1 Å². The second kappa shape index (κ2) is 11.9. The molecule has 0 fully saturated rings. The molecule has 1 unspecified atom stereocenters. The fourth-order valence-corrected chi connectivity index (χ4v) is 5.38. The Hall–Kier alpha value is -4.22. The molecule has 8 heteroatoms. The van der Waals surface area contributed by atoms with Crippen molar-refractivity contribution in [1.82, 2.24) is 5.32 Å². The number of nitriles is 1. The van der Waals surface area contributed by atoms with Crippen molar-refractivity contribution >= 4 is 35.0 Å². The van der Waals surface area contributed by atoms with Crippen molar-refractivity contribution in [2.45, 2.75) is 40.0 Å². The average molecular weight is 527 g/mol. The Morgan fingerprint density at radius 1 is 1.03 bits per heavy atom. The molecule has 0 bridgehead atoms. The zero-order chi connectivity index (χ0) is 27.2. The largest absolute Gasteiger partial charge is 0.468 e. The van der Waals surface area contributed by atoms with Crippen molar-refractivity contribution < 1.29 is 14.0 Å². The first-order valence-electron chi connectivity index (χ1n) is 12.4. The normalized spacial score (nSPS) is 15.1. The summed E-state index contributed by atoms with van der Waals surface area (Å²) in [5.41, 5.74) is 5.79. The molecule has 0 spiro atoms. The molecule has 0 radical (unpaired) electrons. The van der Waals surface area contributed by atoms with Gasteiger partial charge in [-0.1, -0.05) is 55.1 Å². The summed E-state index contributed by atoms with van der Waals surface area (Å²) in [6.07, 6.45) is 2.29. The van der Waals surface area contributed by atoms with Crippen LogP contribution in [0.4, 0.5) is 11.4 Å². The molecule has 1 aliphatic rings. The van der Waals surface area contributed by atoms with Gasteiger partial charge in [-0.05, 0) is 62.1 Å². The molecule has 1 aliphatic heterocycles. The quantitative estimate of drug-likeness (QED) is 0.324. The van der Waals surface area contributed by atoms with Crippen LogP contribution in [0.25, 0.3) is 0 Å². The predicted octanol–water partition coefficient (Wildman–Crippen LogP) is 6.17. The van der Waals surface area contributed by atoms with Crippen molar-refractivity contribution in [3.05, 3.63) is 105 Å². The van der Waals surface area contributed by atoms with Crippen LogP contribution in [0.1, 0.15) is 42.2 Å². The predicted molar refractivity (Wildman–Crippen MR) is 151 cm³/mol. The van der Waals surface area contributed by atoms with Crippen molar-refractivity contribution in [3.63, 3.8) is 0 Å². The molecule has 194 valence electrons. The number of allylic oxidation sites excluding steroid dienone is 2. The Kier molecular flexibility index (Phi) is 8.39. The highest BCUT2D eigenvalue weighted by Gasteiger charge is 2.36. The lowest BCUT2D eigenvalue weighted by atomic mass is 9.85. The number of rotatable bonds is 8. The number of nitrogens with zero attached hydrogens (tertiary/aromatic N) is 1. The molecule has 0 aliphatic carbocycles. The van der Waals surface area contributed by atoms with Crippen molar-refractivity contribution in [2.75, 3.05) is 16.4 Å². The van der Waals surface area contributed by atoms with E-state index in [1.807, 2.05) is 63.2 Å². The third kappa shape index (κ3) is 5.68. The van der Waals surface area contributed by atoms with Gasteiger partial charge in [-0.3, -0.25) is 9.59 Å². The number of amides is 2. The maximum Gasteiger partial charge on any atom is 0.254 e. The molecule has 1 atom stereocenters. The van der Waals surface area contributed by atoms with Crippen molar-refractivity contribution in [1.29, 1.82) is 5.26 Å². The van der Waals surface area contributed by atoms with Crippen LogP contribution in [0, 0.1) is 25.2 Å². The fourth-order valence-electron chi connectivity index (χ4n) is 4.49. The zero-order valence-electron chi connectivity index (χ0n) is 21.8. The van der Waals surface area contributed by atoms with Gasteiger partial charge < -0.3 is 20.4 Å². The molecular weight excluding hydrogens is 496 g/mol. The van der Waals surface area contributed by atoms with Crippen LogP contribution in [-0.2, 0) is 16.0 Å². The molecule has 4 rings (SSSR count). The lowest BCUT2D eigenvalue weighted by Crippen LogP contribution is -2.31. The molecule has 0 saturated carbocycles. The zero-order valence-corrected chi connectivity index (χ0v) is 22.7. The number of para-hydroxylation sites is 2. The van der Waals surface area contributed by atoms with Crippen LogP contribution in [-0.4, -0.2) is 17.6 Å². The van der Waals surface area contributed by atoms with E-state index in [2.05, 4.69) is 22.0 Å². The van der Waals surface area contributed by atoms with E-state index in [0.29, 0.717) is 27.6 Å². The van der Waals surface area contributed by atoms with E-state index in [9.17, 15) is 14.9 Å². The van der Waals surface area contributed by atoms with Gasteiger partial charge >= 0.3 is 0 Å². The second-order valence-electron chi connectivity index (χ2n) is 9.04. The summed E-state index contributed by atoms with van der Waals surface area (Å²) in [6, 6.07) is 19.2. The second-order valence-corrected chi connectivity index (χ2v) is 10.0. The molecule has 0 saturated heterocycles. The van der Waals surface area contributed by atoms with E-state index >= 15 is 0 Å². The van der Waals surface area contributed by atoms with Gasteiger partial charge in [0.2, 0.25) is 5.91 Å². The smallest absolute Gasteiger partial charge is 0.254 e. The first kappa shape index (κ1) is 26.8. The number of nitrogens with one attached hydrogen (secondary N) is 3. The molecular formula is C30H30N4O3S. The SMILES string of the molecule is CCc1cccc(C)c1NC(=O)C1=C(C)NC(SCC(=O)Nc2ccccc2C)=C(C#N)C1c1ccco1. The number of thioether (sulfide) groups is 1. The number of benzene rings is 2. The maximum atomic E-state index is 13.7. The van der Waals surface area contributed by atoms with E-state index in [1.165, 1.54) is 18.0 Å². The number of hydrogen-bond donors (Lipinski definition) is 3. The van der Waals surface area contributed by atoms with Crippen LogP contribution in [0.15, 0.2) is 87.1 Å². The number of dihydropyridines is 1. The topological polar surface area (TPSA) is 107 Å². The van der Waals surface area contributed by atoms with Crippen molar-refractivity contribution in [3.8, 4) is 6.07 Å². The van der Waals surface area contributed by atoms with Gasteiger partial charge in [-0.15, -0.1) is 0 Å². The average Bonchev–Trinajstić information content (AvgIpc) is 3.44. The van der Waals surface area contributed by atoms with Crippen LogP contribution in [0.3, 0.4) is 0 Å². The van der Waals surface area contributed by atoms with Gasteiger partial charge in [-0.25, -0.2) is 0 Å². The summed E-state index contributed by atoms with van der Waals surface area (Å²) in [4.78, 5) is 26.4. The molecule has 38 heavy (non-hydrogen) atoms. The summed E-state index contributed by atoms with van der Waals surface area (Å²) < 4.78 is 5.70. The first-order chi connectivity index (χ1) is 18.3. The monoisotopic (exact) mass is 526 g/mol. The molecule has 7 nitrogen and oxygen atoms in total. The summed E-state index contributed by atoms with van der Waals surface area (Å²) in [7, 11) is 0. The van der Waals surface area contributed by atoms with Gasteiger partial charge in [0.25, 0.3) is 5.91 Å². The summed E-state index contributed by atoms with van der Waals surface area (Å²) in [5.74, 6) is -0.649. The minimum absolute atomic E-state index is 0.0879. The summed E-state index contributed by atoms with van der Waals surface area (Å²) in [6.45, 7) is 7.72. The third-order valence-electron chi connectivity index (χ3n) is 6.47. The lowest BCUT2D eigenvalue weighted by molar-refractivity contribution is -0.114. The first-order valence-corrected chi connectivity index (χ1v) is 13.4. The van der Waals surface area contributed by atoms with E-state index in [4.69, 9.17) is 4.42 Å². The lowest BCUT2D eigenvalue weighted by Gasteiger charge is -2.28. The number of carbonyl (C=O) groups is 2. The van der Waals surface area contributed by atoms with Gasteiger partial charge in [0.15, 0.2) is 0 Å². The highest BCUT2D eigenvalue weighted by molar-refractivity contribution is 8.03. The van der Waals surface area contributed by atoms with E-state index in [1.54, 1.807) is 19.1 Å². The van der Waals surface area contributed by atoms with Gasteiger partial charge in [-0.2, -0.15) is 5.26 Å².